The molecule has 0 radical (unpaired) electrons. The Morgan fingerprint density at radius 2 is 1.68 bits per heavy atom. The van der Waals surface area contributed by atoms with E-state index in [2.05, 4.69) is 5.32 Å². The lowest BCUT2D eigenvalue weighted by Gasteiger charge is -2.37. The maximum Gasteiger partial charge on any atom is 0.337 e. The quantitative estimate of drug-likeness (QED) is 0.388. The highest BCUT2D eigenvalue weighted by Crippen LogP contribution is 2.48. The Bertz CT molecular complexity index is 1350. The molecule has 1 saturated carbocycles. The van der Waals surface area contributed by atoms with Crippen LogP contribution in [0.2, 0.25) is 0 Å². The monoisotopic (exact) mass is 545 g/mol. The molecule has 212 valence electrons. The van der Waals surface area contributed by atoms with Crippen molar-refractivity contribution < 1.29 is 28.5 Å². The van der Waals surface area contributed by atoms with Crippen molar-refractivity contribution in [3.05, 3.63) is 76.1 Å². The Hall–Kier alpha value is -3.74. The molecule has 2 aliphatic carbocycles. The van der Waals surface area contributed by atoms with Gasteiger partial charge in [-0.05, 0) is 82.6 Å². The van der Waals surface area contributed by atoms with E-state index in [1.807, 2.05) is 63.2 Å². The number of hydrogen-bond acceptors (Lipinski definition) is 7. The van der Waals surface area contributed by atoms with Crippen molar-refractivity contribution in [1.29, 1.82) is 0 Å². The van der Waals surface area contributed by atoms with Gasteiger partial charge >= 0.3 is 5.97 Å². The molecule has 0 bridgehead atoms. The Morgan fingerprint density at radius 3 is 2.38 bits per heavy atom. The average Bonchev–Trinajstić information content (AvgIpc) is 3.44. The van der Waals surface area contributed by atoms with Crippen LogP contribution in [0.5, 0.6) is 17.2 Å². The van der Waals surface area contributed by atoms with E-state index in [0.717, 1.165) is 42.5 Å². The van der Waals surface area contributed by atoms with Crippen molar-refractivity contribution in [3.63, 3.8) is 0 Å². The zero-order valence-corrected chi connectivity index (χ0v) is 24.0. The number of benzene rings is 2. The highest BCUT2D eigenvalue weighted by molar-refractivity contribution is 6.04. The van der Waals surface area contributed by atoms with Crippen LogP contribution in [-0.2, 0) is 14.3 Å². The number of hydrogen-bond donors (Lipinski definition) is 1. The van der Waals surface area contributed by atoms with E-state index in [1.54, 1.807) is 14.2 Å². The molecule has 0 aromatic heterocycles. The van der Waals surface area contributed by atoms with Crippen LogP contribution in [0.25, 0.3) is 0 Å². The zero-order chi connectivity index (χ0) is 28.4. The third-order valence-electron chi connectivity index (χ3n) is 8.10. The van der Waals surface area contributed by atoms with Gasteiger partial charge in [-0.15, -0.1) is 0 Å². The first-order valence-electron chi connectivity index (χ1n) is 14.2. The van der Waals surface area contributed by atoms with E-state index in [0.29, 0.717) is 46.9 Å². The van der Waals surface area contributed by atoms with E-state index < -0.39 is 5.92 Å². The van der Waals surface area contributed by atoms with Gasteiger partial charge < -0.3 is 24.3 Å². The number of ether oxygens (including phenoxy) is 4. The molecule has 3 aliphatic rings. The largest absolute Gasteiger partial charge is 0.493 e. The summed E-state index contributed by atoms with van der Waals surface area (Å²) in [5, 5.41) is 3.46. The Labute approximate surface area is 236 Å². The first-order valence-corrected chi connectivity index (χ1v) is 14.2. The Kier molecular flexibility index (Phi) is 8.19. The predicted octanol–water partition coefficient (Wildman–Crippen LogP) is 6.34. The van der Waals surface area contributed by atoms with Gasteiger partial charge in [0.2, 0.25) is 0 Å². The normalized spacial score (nSPS) is 21.3. The molecular formula is C33H39NO6. The molecule has 40 heavy (non-hydrogen) atoms. The standard InChI is InChI=1S/C33H39NO6/c1-19(2)39-27-13-9-8-12-24(27)31-30(33(36)40-23-10-6-7-11-23)20(3)34-25-16-22(17-26(35)32(25)31)21-14-15-28(37-4)29(18-21)38-5/h8-9,12-15,18-19,22-23,31,34H,6-7,10-11,16-17H2,1-5H3/t22-,31+/m1/s1. The number of methoxy groups -OCH3 is 2. The van der Waals surface area contributed by atoms with Crippen LogP contribution >= 0.6 is 0 Å². The summed E-state index contributed by atoms with van der Waals surface area (Å²) in [4.78, 5) is 27.8. The van der Waals surface area contributed by atoms with Gasteiger partial charge in [-0.1, -0.05) is 24.3 Å². The van der Waals surface area contributed by atoms with Crippen LogP contribution in [-0.4, -0.2) is 38.2 Å². The van der Waals surface area contributed by atoms with Crippen LogP contribution in [0.1, 0.15) is 82.3 Å². The van der Waals surface area contributed by atoms with E-state index in [4.69, 9.17) is 18.9 Å². The molecule has 0 saturated heterocycles. The molecule has 0 unspecified atom stereocenters. The van der Waals surface area contributed by atoms with Crippen LogP contribution in [0, 0.1) is 0 Å². The molecule has 0 spiro atoms. The summed E-state index contributed by atoms with van der Waals surface area (Å²) in [6.07, 6.45) is 4.69. The van der Waals surface area contributed by atoms with E-state index in [9.17, 15) is 9.59 Å². The summed E-state index contributed by atoms with van der Waals surface area (Å²) in [7, 11) is 3.22. The number of carbonyl (C=O) groups excluding carboxylic acids is 2. The van der Waals surface area contributed by atoms with Crippen molar-refractivity contribution in [2.45, 2.75) is 83.3 Å². The van der Waals surface area contributed by atoms with Crippen molar-refractivity contribution in [2.24, 2.45) is 0 Å². The molecule has 1 fully saturated rings. The molecule has 7 nitrogen and oxygen atoms in total. The second kappa shape index (κ2) is 11.8. The van der Waals surface area contributed by atoms with Crippen LogP contribution in [0.15, 0.2) is 65.0 Å². The van der Waals surface area contributed by atoms with Crippen LogP contribution in [0.4, 0.5) is 0 Å². The highest BCUT2D eigenvalue weighted by Gasteiger charge is 2.43. The molecule has 0 amide bonds. The van der Waals surface area contributed by atoms with Crippen molar-refractivity contribution in [2.75, 3.05) is 14.2 Å². The topological polar surface area (TPSA) is 83.1 Å². The zero-order valence-electron chi connectivity index (χ0n) is 24.0. The Morgan fingerprint density at radius 1 is 0.950 bits per heavy atom. The van der Waals surface area contributed by atoms with E-state index in [1.165, 1.54) is 0 Å². The summed E-state index contributed by atoms with van der Waals surface area (Å²) in [6, 6.07) is 13.5. The second-order valence-corrected chi connectivity index (χ2v) is 11.1. The maximum absolute atomic E-state index is 14.1. The number of carbonyl (C=O) groups is 2. The van der Waals surface area contributed by atoms with Gasteiger partial charge in [0.15, 0.2) is 17.3 Å². The number of nitrogens with one attached hydrogen (secondary N) is 1. The SMILES string of the molecule is COc1ccc([C@H]2CC(=O)C3=C(C2)NC(C)=C(C(=O)OC2CCCC2)[C@@H]3c2ccccc2OC(C)C)cc1OC. The van der Waals surface area contributed by atoms with Crippen LogP contribution in [0.3, 0.4) is 0 Å². The van der Waals surface area contributed by atoms with Crippen LogP contribution < -0.4 is 19.5 Å². The number of ketones is 1. The molecule has 2 aromatic carbocycles. The van der Waals surface area contributed by atoms with Gasteiger partial charge in [-0.25, -0.2) is 4.79 Å². The summed E-state index contributed by atoms with van der Waals surface area (Å²) in [5.74, 6) is 0.994. The summed E-state index contributed by atoms with van der Waals surface area (Å²) in [5.41, 5.74) is 4.49. The van der Waals surface area contributed by atoms with Gasteiger partial charge in [-0.2, -0.15) is 0 Å². The van der Waals surface area contributed by atoms with Gasteiger partial charge in [0.1, 0.15) is 11.9 Å². The summed E-state index contributed by atoms with van der Waals surface area (Å²) >= 11 is 0. The average molecular weight is 546 g/mol. The highest BCUT2D eigenvalue weighted by atomic mass is 16.5. The fourth-order valence-electron chi connectivity index (χ4n) is 6.26. The first-order chi connectivity index (χ1) is 19.3. The third-order valence-corrected chi connectivity index (χ3v) is 8.10. The van der Waals surface area contributed by atoms with Crippen molar-refractivity contribution >= 4 is 11.8 Å². The molecular weight excluding hydrogens is 506 g/mol. The number of Topliss-reactive ketones (excluding diaryl/α,β-unsaturated/α-hetero) is 1. The van der Waals surface area contributed by atoms with Crippen molar-refractivity contribution in [1.82, 2.24) is 5.32 Å². The van der Waals surface area contributed by atoms with E-state index >= 15 is 0 Å². The number of dihydropyridines is 1. The molecule has 1 N–H and O–H groups in total. The number of esters is 1. The van der Waals surface area contributed by atoms with Gasteiger partial charge in [-0.3, -0.25) is 4.79 Å². The maximum atomic E-state index is 14.1. The summed E-state index contributed by atoms with van der Waals surface area (Å²) < 4.78 is 23.1. The molecule has 7 heteroatoms. The van der Waals surface area contributed by atoms with Gasteiger partial charge in [0, 0.05) is 29.0 Å². The molecule has 2 atom stereocenters. The molecule has 1 heterocycles. The molecule has 5 rings (SSSR count). The number of allylic oxidation sites excluding steroid dienone is 3. The minimum absolute atomic E-state index is 0.0107. The lowest BCUT2D eigenvalue weighted by molar-refractivity contribution is -0.144. The number of para-hydroxylation sites is 1. The lowest BCUT2D eigenvalue weighted by atomic mass is 9.71. The predicted molar refractivity (Wildman–Crippen MR) is 153 cm³/mol. The number of rotatable bonds is 8. The smallest absolute Gasteiger partial charge is 0.337 e. The lowest BCUT2D eigenvalue weighted by Crippen LogP contribution is -2.36. The first kappa shape index (κ1) is 27.8. The fourth-order valence-corrected chi connectivity index (χ4v) is 6.26. The molecule has 2 aromatic rings. The van der Waals surface area contributed by atoms with Crippen molar-refractivity contribution in [3.8, 4) is 17.2 Å². The van der Waals surface area contributed by atoms with Gasteiger partial charge in [0.05, 0.1) is 31.8 Å². The van der Waals surface area contributed by atoms with E-state index in [-0.39, 0.29) is 29.9 Å². The minimum atomic E-state index is -0.570. The third kappa shape index (κ3) is 5.47. The molecule has 1 aliphatic heterocycles. The fraction of sp³-hybridized carbons (Fsp3) is 0.455. The Balaban J connectivity index is 1.57. The summed E-state index contributed by atoms with van der Waals surface area (Å²) in [6.45, 7) is 5.85. The van der Waals surface area contributed by atoms with Gasteiger partial charge in [0.25, 0.3) is 0 Å². The minimum Gasteiger partial charge on any atom is -0.493 e. The second-order valence-electron chi connectivity index (χ2n) is 11.1.